The summed E-state index contributed by atoms with van der Waals surface area (Å²) in [6.07, 6.45) is 4.32. The average Bonchev–Trinajstić information content (AvgIpc) is 2.86. The molecule has 7 heteroatoms. The highest BCUT2D eigenvalue weighted by Gasteiger charge is 2.06. The van der Waals surface area contributed by atoms with Gasteiger partial charge in [0.25, 0.3) is 5.56 Å². The number of pyridine rings is 1. The Kier molecular flexibility index (Phi) is 4.79. The smallest absolute Gasteiger partial charge is 0.250 e. The first-order valence-corrected chi connectivity index (χ1v) is 6.42. The quantitative estimate of drug-likeness (QED) is 0.699. The molecule has 0 aliphatic rings. The summed E-state index contributed by atoms with van der Waals surface area (Å²) in [6.45, 7) is 2.02. The molecule has 0 fully saturated rings. The number of aromatic nitrogens is 5. The highest BCUT2D eigenvalue weighted by molar-refractivity contribution is 4.94. The maximum Gasteiger partial charge on any atom is 0.250 e. The van der Waals surface area contributed by atoms with E-state index in [1.165, 1.54) is 0 Å². The van der Waals surface area contributed by atoms with Crippen LogP contribution in [0.2, 0.25) is 0 Å². The number of hydrogen-bond acceptors (Lipinski definition) is 5. The van der Waals surface area contributed by atoms with Crippen LogP contribution in [0.5, 0.6) is 0 Å². The van der Waals surface area contributed by atoms with Crippen LogP contribution < -0.4 is 11.3 Å². The molecule has 0 aliphatic heterocycles. The van der Waals surface area contributed by atoms with Gasteiger partial charge in [-0.15, -0.1) is 5.10 Å². The zero-order chi connectivity index (χ0) is 13.5. The second-order valence-electron chi connectivity index (χ2n) is 4.30. The Morgan fingerprint density at radius 2 is 2.11 bits per heavy atom. The number of nitrogens with two attached hydrogens (primary N) is 1. The highest BCUT2D eigenvalue weighted by Crippen LogP contribution is 1.99. The molecule has 0 aliphatic carbocycles. The summed E-state index contributed by atoms with van der Waals surface area (Å²) < 4.78 is 3.43. The fraction of sp³-hybridized carbons (Fsp3) is 0.500. The molecule has 2 aromatic rings. The maximum absolute atomic E-state index is 11.6. The lowest BCUT2D eigenvalue weighted by Crippen LogP contribution is -2.20. The van der Waals surface area contributed by atoms with Gasteiger partial charge in [0.05, 0.1) is 0 Å². The fourth-order valence-electron chi connectivity index (χ4n) is 1.85. The number of aryl methyl sites for hydroxylation is 3. The Morgan fingerprint density at radius 3 is 2.89 bits per heavy atom. The van der Waals surface area contributed by atoms with Crippen molar-refractivity contribution in [3.63, 3.8) is 0 Å². The molecular weight excluding hydrogens is 244 g/mol. The zero-order valence-corrected chi connectivity index (χ0v) is 10.8. The molecule has 0 spiro atoms. The molecule has 2 aromatic heterocycles. The van der Waals surface area contributed by atoms with Crippen molar-refractivity contribution < 1.29 is 0 Å². The summed E-state index contributed by atoms with van der Waals surface area (Å²) in [4.78, 5) is 11.6. The van der Waals surface area contributed by atoms with Gasteiger partial charge in [-0.1, -0.05) is 6.07 Å². The summed E-state index contributed by atoms with van der Waals surface area (Å²) in [5.41, 5.74) is 5.45. The second-order valence-corrected chi connectivity index (χ2v) is 4.30. The average molecular weight is 262 g/mol. The van der Waals surface area contributed by atoms with Gasteiger partial charge in [0.15, 0.2) is 5.82 Å². The largest absolute Gasteiger partial charge is 0.330 e. The minimum absolute atomic E-state index is 0.00958. The molecule has 0 amide bonds. The van der Waals surface area contributed by atoms with Gasteiger partial charge in [0.1, 0.15) is 0 Å². The SMILES string of the molecule is NCCCCn1nnnc1CCn1ccccc1=O. The van der Waals surface area contributed by atoms with Crippen molar-refractivity contribution in [2.45, 2.75) is 32.4 Å². The van der Waals surface area contributed by atoms with Gasteiger partial charge in [0.2, 0.25) is 0 Å². The van der Waals surface area contributed by atoms with Crippen LogP contribution in [0.1, 0.15) is 18.7 Å². The molecular formula is C12H18N6O. The van der Waals surface area contributed by atoms with Crippen LogP contribution in [-0.4, -0.2) is 31.3 Å². The predicted octanol–water partition coefficient (Wildman–Crippen LogP) is -0.184. The highest BCUT2D eigenvalue weighted by atomic mass is 16.1. The van der Waals surface area contributed by atoms with E-state index in [9.17, 15) is 4.79 Å². The summed E-state index contributed by atoms with van der Waals surface area (Å²) in [6, 6.07) is 5.12. The van der Waals surface area contributed by atoms with Crippen LogP contribution in [0.3, 0.4) is 0 Å². The molecule has 7 nitrogen and oxygen atoms in total. The summed E-state index contributed by atoms with van der Waals surface area (Å²) in [7, 11) is 0. The second kappa shape index (κ2) is 6.79. The van der Waals surface area contributed by atoms with E-state index < -0.39 is 0 Å². The van der Waals surface area contributed by atoms with E-state index in [-0.39, 0.29) is 5.56 Å². The number of rotatable bonds is 7. The van der Waals surface area contributed by atoms with Crippen LogP contribution in [-0.2, 0) is 19.5 Å². The van der Waals surface area contributed by atoms with E-state index in [2.05, 4.69) is 15.5 Å². The molecule has 19 heavy (non-hydrogen) atoms. The van der Waals surface area contributed by atoms with Gasteiger partial charge in [-0.25, -0.2) is 4.68 Å². The monoisotopic (exact) mass is 262 g/mol. The van der Waals surface area contributed by atoms with E-state index >= 15 is 0 Å². The zero-order valence-electron chi connectivity index (χ0n) is 10.8. The minimum Gasteiger partial charge on any atom is -0.330 e. The molecule has 0 radical (unpaired) electrons. The van der Waals surface area contributed by atoms with Crippen molar-refractivity contribution in [1.82, 2.24) is 24.8 Å². The van der Waals surface area contributed by atoms with Gasteiger partial charge in [-0.2, -0.15) is 0 Å². The molecule has 0 unspecified atom stereocenters. The summed E-state index contributed by atoms with van der Waals surface area (Å²) in [5, 5.41) is 11.6. The molecule has 102 valence electrons. The van der Waals surface area contributed by atoms with Crippen LogP contribution in [0.25, 0.3) is 0 Å². The molecule has 0 aromatic carbocycles. The summed E-state index contributed by atoms with van der Waals surface area (Å²) in [5.74, 6) is 0.799. The van der Waals surface area contributed by atoms with Gasteiger partial charge in [-0.3, -0.25) is 4.79 Å². The first kappa shape index (κ1) is 13.4. The molecule has 0 bridgehead atoms. The van der Waals surface area contributed by atoms with E-state index in [4.69, 9.17) is 5.73 Å². The topological polar surface area (TPSA) is 91.6 Å². The van der Waals surface area contributed by atoms with E-state index in [0.717, 1.165) is 25.2 Å². The van der Waals surface area contributed by atoms with Crippen molar-refractivity contribution in [1.29, 1.82) is 0 Å². The van der Waals surface area contributed by atoms with Crippen LogP contribution >= 0.6 is 0 Å². The number of unbranched alkanes of at least 4 members (excludes halogenated alkanes) is 1. The Morgan fingerprint density at radius 1 is 1.21 bits per heavy atom. The minimum atomic E-state index is -0.00958. The van der Waals surface area contributed by atoms with E-state index in [0.29, 0.717) is 19.5 Å². The Bertz CT molecular complexity index is 561. The third-order valence-corrected chi connectivity index (χ3v) is 2.91. The van der Waals surface area contributed by atoms with Crippen molar-refractivity contribution in [2.24, 2.45) is 5.73 Å². The van der Waals surface area contributed by atoms with Crippen molar-refractivity contribution in [3.05, 3.63) is 40.6 Å². The molecule has 2 rings (SSSR count). The lowest BCUT2D eigenvalue weighted by Gasteiger charge is -2.06. The molecule has 0 saturated heterocycles. The first-order chi connectivity index (χ1) is 9.31. The predicted molar refractivity (Wildman–Crippen MR) is 70.5 cm³/mol. The molecule has 2 heterocycles. The van der Waals surface area contributed by atoms with Crippen molar-refractivity contribution >= 4 is 0 Å². The van der Waals surface area contributed by atoms with Crippen molar-refractivity contribution in [3.8, 4) is 0 Å². The normalized spacial score (nSPS) is 10.8. The lowest BCUT2D eigenvalue weighted by molar-refractivity contribution is 0.514. The van der Waals surface area contributed by atoms with Crippen LogP contribution in [0, 0.1) is 0 Å². The Labute approximate surface area is 111 Å². The lowest BCUT2D eigenvalue weighted by atomic mass is 10.3. The number of tetrazole rings is 1. The molecule has 0 saturated carbocycles. The fourth-order valence-corrected chi connectivity index (χ4v) is 1.85. The molecule has 0 atom stereocenters. The van der Waals surface area contributed by atoms with Gasteiger partial charge in [0, 0.05) is 31.8 Å². The standard InChI is InChI=1S/C12H18N6O/c13-7-2-4-9-18-11(14-15-16-18)6-10-17-8-3-1-5-12(17)19/h1,3,5,8H,2,4,6-7,9-10,13H2. The summed E-state index contributed by atoms with van der Waals surface area (Å²) >= 11 is 0. The van der Waals surface area contributed by atoms with E-state index in [1.54, 1.807) is 27.6 Å². The van der Waals surface area contributed by atoms with Crippen molar-refractivity contribution in [2.75, 3.05) is 6.54 Å². The Hall–Kier alpha value is -2.02. The molecule has 2 N–H and O–H groups in total. The third kappa shape index (κ3) is 3.72. The van der Waals surface area contributed by atoms with E-state index in [1.807, 2.05) is 6.07 Å². The van der Waals surface area contributed by atoms with Gasteiger partial charge >= 0.3 is 0 Å². The van der Waals surface area contributed by atoms with Gasteiger partial charge in [-0.05, 0) is 35.9 Å². The van der Waals surface area contributed by atoms with Gasteiger partial charge < -0.3 is 10.3 Å². The maximum atomic E-state index is 11.6. The third-order valence-electron chi connectivity index (χ3n) is 2.91. The van der Waals surface area contributed by atoms with Crippen LogP contribution in [0.15, 0.2) is 29.2 Å². The number of hydrogen-bond donors (Lipinski definition) is 1. The Balaban J connectivity index is 1.95. The first-order valence-electron chi connectivity index (χ1n) is 6.42. The number of nitrogens with zero attached hydrogens (tertiary/aromatic N) is 5. The van der Waals surface area contributed by atoms with Crippen LogP contribution in [0.4, 0.5) is 0 Å².